The van der Waals surface area contributed by atoms with E-state index in [9.17, 15) is 9.59 Å². The summed E-state index contributed by atoms with van der Waals surface area (Å²) in [5, 5.41) is 3.67. The van der Waals surface area contributed by atoms with Crippen molar-refractivity contribution >= 4 is 23.4 Å². The molecule has 1 N–H and O–H groups in total. The van der Waals surface area contributed by atoms with Gasteiger partial charge in [0.2, 0.25) is 5.91 Å². The summed E-state index contributed by atoms with van der Waals surface area (Å²) in [6, 6.07) is 14.0. The molecular weight excluding hydrogens is 428 g/mol. The Bertz CT molecular complexity index is 914. The maximum atomic E-state index is 13.3. The summed E-state index contributed by atoms with van der Waals surface area (Å²) in [6.45, 7) is 2.02. The van der Waals surface area contributed by atoms with Crippen LogP contribution in [0.2, 0.25) is 5.02 Å². The Morgan fingerprint density at radius 1 is 1.12 bits per heavy atom. The Kier molecular flexibility index (Phi) is 8.80. The number of carbonyl (C=O) groups is 2. The molecular formula is C25H31ClN2O4. The lowest BCUT2D eigenvalue weighted by atomic mass is 10.1. The third kappa shape index (κ3) is 6.63. The van der Waals surface area contributed by atoms with E-state index < -0.39 is 6.04 Å². The monoisotopic (exact) mass is 458 g/mol. The molecule has 6 nitrogen and oxygen atoms in total. The van der Waals surface area contributed by atoms with Crippen molar-refractivity contribution in [3.8, 4) is 11.5 Å². The third-order valence-corrected chi connectivity index (χ3v) is 5.97. The number of hydrogen-bond acceptors (Lipinski definition) is 4. The molecule has 1 atom stereocenters. The summed E-state index contributed by atoms with van der Waals surface area (Å²) in [6.07, 6.45) is 4.74. The molecule has 2 amide bonds. The number of nitrogens with zero attached hydrogens (tertiary/aromatic N) is 1. The second-order valence-electron chi connectivity index (χ2n) is 8.03. The van der Waals surface area contributed by atoms with Crippen LogP contribution in [0.3, 0.4) is 0 Å². The molecule has 0 aromatic heterocycles. The molecule has 0 saturated heterocycles. The molecule has 0 unspecified atom stereocenters. The first-order chi connectivity index (χ1) is 15.5. The molecule has 1 saturated carbocycles. The number of rotatable bonds is 10. The van der Waals surface area contributed by atoms with E-state index in [2.05, 4.69) is 5.32 Å². The van der Waals surface area contributed by atoms with Crippen molar-refractivity contribution in [2.45, 2.75) is 57.7 Å². The molecule has 1 aliphatic carbocycles. The minimum Gasteiger partial charge on any atom is -0.497 e. The van der Waals surface area contributed by atoms with E-state index in [0.29, 0.717) is 22.9 Å². The van der Waals surface area contributed by atoms with Gasteiger partial charge in [0, 0.05) is 17.6 Å². The van der Waals surface area contributed by atoms with E-state index in [-0.39, 0.29) is 31.0 Å². The fourth-order valence-electron chi connectivity index (χ4n) is 4.04. The lowest BCUT2D eigenvalue weighted by Gasteiger charge is -2.31. The van der Waals surface area contributed by atoms with Gasteiger partial charge in [0.1, 0.15) is 17.5 Å². The third-order valence-electron chi connectivity index (χ3n) is 5.73. The maximum absolute atomic E-state index is 13.3. The second kappa shape index (κ2) is 11.8. The molecule has 32 heavy (non-hydrogen) atoms. The molecule has 0 heterocycles. The van der Waals surface area contributed by atoms with Gasteiger partial charge < -0.3 is 19.7 Å². The number of ether oxygens (including phenoxy) is 2. The average Bonchev–Trinajstić information content (AvgIpc) is 3.30. The standard InChI is InChI=1S/C25H31ClN2O4/c1-3-23(25(30)27-20-10-4-5-11-20)28(16-18-8-6-12-21(14-18)31-2)24(29)17-32-22-13-7-9-19(26)15-22/h6-9,12-15,20,23H,3-5,10-11,16-17H2,1-2H3,(H,27,30)/t23-/m1/s1. The van der Waals surface area contributed by atoms with Gasteiger partial charge in [0.15, 0.2) is 6.61 Å². The summed E-state index contributed by atoms with van der Waals surface area (Å²) in [5.74, 6) is 0.837. The first kappa shape index (κ1) is 23.9. The van der Waals surface area contributed by atoms with Gasteiger partial charge in [-0.15, -0.1) is 0 Å². The predicted octanol–water partition coefficient (Wildman–Crippen LogP) is 4.59. The molecule has 0 radical (unpaired) electrons. The largest absolute Gasteiger partial charge is 0.497 e. The van der Waals surface area contributed by atoms with E-state index in [1.165, 1.54) is 0 Å². The summed E-state index contributed by atoms with van der Waals surface area (Å²) < 4.78 is 11.0. The zero-order chi connectivity index (χ0) is 22.9. The minimum absolute atomic E-state index is 0.113. The van der Waals surface area contributed by atoms with Crippen LogP contribution in [0.5, 0.6) is 11.5 Å². The van der Waals surface area contributed by atoms with Crippen LogP contribution in [0, 0.1) is 0 Å². The van der Waals surface area contributed by atoms with E-state index in [0.717, 1.165) is 31.2 Å². The van der Waals surface area contributed by atoms with Crippen molar-refractivity contribution in [3.63, 3.8) is 0 Å². The molecule has 1 aliphatic rings. The van der Waals surface area contributed by atoms with Crippen LogP contribution in [0.1, 0.15) is 44.6 Å². The average molecular weight is 459 g/mol. The number of carbonyl (C=O) groups excluding carboxylic acids is 2. The molecule has 1 fully saturated rings. The lowest BCUT2D eigenvalue weighted by molar-refractivity contribution is -0.143. The van der Waals surface area contributed by atoms with Crippen LogP contribution in [-0.2, 0) is 16.1 Å². The van der Waals surface area contributed by atoms with Gasteiger partial charge in [-0.1, -0.05) is 49.6 Å². The van der Waals surface area contributed by atoms with Crippen LogP contribution < -0.4 is 14.8 Å². The Hall–Kier alpha value is -2.73. The Balaban J connectivity index is 1.77. The minimum atomic E-state index is -0.586. The van der Waals surface area contributed by atoms with Crippen molar-refractivity contribution in [1.82, 2.24) is 10.2 Å². The van der Waals surface area contributed by atoms with Gasteiger partial charge in [-0.25, -0.2) is 0 Å². The number of benzene rings is 2. The van der Waals surface area contributed by atoms with Crippen molar-refractivity contribution in [3.05, 3.63) is 59.1 Å². The zero-order valence-electron chi connectivity index (χ0n) is 18.7. The van der Waals surface area contributed by atoms with E-state index in [1.807, 2.05) is 31.2 Å². The highest BCUT2D eigenvalue weighted by Crippen LogP contribution is 2.21. The smallest absolute Gasteiger partial charge is 0.261 e. The summed E-state index contributed by atoms with van der Waals surface area (Å²) in [4.78, 5) is 28.0. The maximum Gasteiger partial charge on any atom is 0.261 e. The van der Waals surface area contributed by atoms with Crippen LogP contribution in [0.4, 0.5) is 0 Å². The van der Waals surface area contributed by atoms with Crippen LogP contribution in [0.15, 0.2) is 48.5 Å². The predicted molar refractivity (Wildman–Crippen MR) is 125 cm³/mol. The van der Waals surface area contributed by atoms with Gasteiger partial charge in [0.05, 0.1) is 7.11 Å². The molecule has 7 heteroatoms. The highest BCUT2D eigenvalue weighted by molar-refractivity contribution is 6.30. The molecule has 2 aromatic rings. The van der Waals surface area contributed by atoms with Crippen molar-refractivity contribution in [2.75, 3.05) is 13.7 Å². The number of hydrogen-bond donors (Lipinski definition) is 1. The van der Waals surface area contributed by atoms with Gasteiger partial charge >= 0.3 is 0 Å². The molecule has 0 aliphatic heterocycles. The molecule has 0 bridgehead atoms. The van der Waals surface area contributed by atoms with Gasteiger partial charge in [-0.05, 0) is 55.2 Å². The Morgan fingerprint density at radius 3 is 2.53 bits per heavy atom. The first-order valence-corrected chi connectivity index (χ1v) is 11.5. The fourth-order valence-corrected chi connectivity index (χ4v) is 4.22. The highest BCUT2D eigenvalue weighted by atomic mass is 35.5. The normalized spacial score (nSPS) is 14.6. The number of nitrogens with one attached hydrogen (secondary N) is 1. The van der Waals surface area contributed by atoms with Crippen LogP contribution in [0.25, 0.3) is 0 Å². The SMILES string of the molecule is CC[C@H](C(=O)NC1CCCC1)N(Cc1cccc(OC)c1)C(=O)COc1cccc(Cl)c1. The highest BCUT2D eigenvalue weighted by Gasteiger charge is 2.31. The van der Waals surface area contributed by atoms with Gasteiger partial charge in [-0.2, -0.15) is 0 Å². The fraction of sp³-hybridized carbons (Fsp3) is 0.440. The van der Waals surface area contributed by atoms with Gasteiger partial charge in [-0.3, -0.25) is 9.59 Å². The zero-order valence-corrected chi connectivity index (χ0v) is 19.4. The van der Waals surface area contributed by atoms with E-state index >= 15 is 0 Å². The molecule has 3 rings (SSSR count). The first-order valence-electron chi connectivity index (χ1n) is 11.1. The molecule has 172 valence electrons. The van der Waals surface area contributed by atoms with E-state index in [1.54, 1.807) is 36.3 Å². The Labute approximate surface area is 194 Å². The molecule has 2 aromatic carbocycles. The second-order valence-corrected chi connectivity index (χ2v) is 8.47. The summed E-state index contributed by atoms with van der Waals surface area (Å²) >= 11 is 6.01. The van der Waals surface area contributed by atoms with Gasteiger partial charge in [0.25, 0.3) is 5.91 Å². The number of methoxy groups -OCH3 is 1. The number of amides is 2. The number of halogens is 1. The van der Waals surface area contributed by atoms with E-state index in [4.69, 9.17) is 21.1 Å². The Morgan fingerprint density at radius 2 is 1.84 bits per heavy atom. The lowest BCUT2D eigenvalue weighted by Crippen LogP contribution is -2.52. The topological polar surface area (TPSA) is 67.9 Å². The van der Waals surface area contributed by atoms with Crippen LogP contribution >= 0.6 is 11.6 Å². The van der Waals surface area contributed by atoms with Crippen molar-refractivity contribution in [2.24, 2.45) is 0 Å². The van der Waals surface area contributed by atoms with Crippen LogP contribution in [-0.4, -0.2) is 42.5 Å². The molecule has 0 spiro atoms. The summed E-state index contributed by atoms with van der Waals surface area (Å²) in [5.41, 5.74) is 0.882. The van der Waals surface area contributed by atoms with Crippen molar-refractivity contribution in [1.29, 1.82) is 0 Å². The quantitative estimate of drug-likeness (QED) is 0.565. The summed E-state index contributed by atoms with van der Waals surface area (Å²) in [7, 11) is 1.60. The van der Waals surface area contributed by atoms with Crippen molar-refractivity contribution < 1.29 is 19.1 Å².